The summed E-state index contributed by atoms with van der Waals surface area (Å²) in [5, 5.41) is 4.44. The summed E-state index contributed by atoms with van der Waals surface area (Å²) in [6, 6.07) is 0. The average Bonchev–Trinajstić information content (AvgIpc) is 2.44. The monoisotopic (exact) mass is 163 g/mol. The molecule has 0 N–H and O–H groups in total. The first-order valence-electron chi connectivity index (χ1n) is 4.39. The van der Waals surface area contributed by atoms with Crippen LogP contribution in [0.25, 0.3) is 0 Å². The normalized spacial score (nSPS) is 14.8. The lowest BCUT2D eigenvalue weighted by atomic mass is 10.1. The Morgan fingerprint density at radius 1 is 1.58 bits per heavy atom. The van der Waals surface area contributed by atoms with Gasteiger partial charge >= 0.3 is 0 Å². The zero-order valence-corrected chi connectivity index (χ0v) is 7.54. The molecule has 2 rings (SSSR count). The fourth-order valence-electron chi connectivity index (χ4n) is 1.66. The Labute approximate surface area is 72.1 Å². The van der Waals surface area contributed by atoms with E-state index < -0.39 is 0 Å². The van der Waals surface area contributed by atoms with Crippen molar-refractivity contribution >= 4 is 6.21 Å². The third-order valence-electron chi connectivity index (χ3n) is 2.30. The Kier molecular flexibility index (Phi) is 1.71. The van der Waals surface area contributed by atoms with E-state index in [1.165, 1.54) is 11.3 Å². The summed E-state index contributed by atoms with van der Waals surface area (Å²) in [6.07, 6.45) is 3.00. The molecule has 3 nitrogen and oxygen atoms in total. The highest BCUT2D eigenvalue weighted by molar-refractivity contribution is 5.81. The van der Waals surface area contributed by atoms with E-state index in [2.05, 4.69) is 23.9 Å². The van der Waals surface area contributed by atoms with Crippen LogP contribution in [0.1, 0.15) is 23.9 Å². The first-order valence-corrected chi connectivity index (χ1v) is 4.39. The smallest absolute Gasteiger partial charge is 0.0823 e. The zero-order chi connectivity index (χ0) is 8.55. The van der Waals surface area contributed by atoms with Crippen LogP contribution in [0.4, 0.5) is 0 Å². The van der Waals surface area contributed by atoms with Crippen LogP contribution < -0.4 is 0 Å². The molecular formula is C9H13N3. The predicted octanol–water partition coefficient (Wildman–Crippen LogP) is 1.19. The molecule has 0 bridgehead atoms. The van der Waals surface area contributed by atoms with Gasteiger partial charge in [0.2, 0.25) is 0 Å². The van der Waals surface area contributed by atoms with E-state index in [0.717, 1.165) is 25.2 Å². The summed E-state index contributed by atoms with van der Waals surface area (Å²) in [6.45, 7) is 6.03. The molecule has 1 aromatic heterocycles. The number of aryl methyl sites for hydroxylation is 2. The van der Waals surface area contributed by atoms with Gasteiger partial charge < -0.3 is 0 Å². The highest BCUT2D eigenvalue weighted by Crippen LogP contribution is 2.15. The van der Waals surface area contributed by atoms with Crippen molar-refractivity contribution < 1.29 is 0 Å². The summed E-state index contributed by atoms with van der Waals surface area (Å²) >= 11 is 0. The third-order valence-corrected chi connectivity index (χ3v) is 2.30. The van der Waals surface area contributed by atoms with Crippen LogP contribution in [0.2, 0.25) is 0 Å². The number of rotatable bonds is 1. The van der Waals surface area contributed by atoms with Crippen molar-refractivity contribution in [3.05, 3.63) is 17.0 Å². The Hall–Kier alpha value is -1.12. The van der Waals surface area contributed by atoms with E-state index in [-0.39, 0.29) is 0 Å². The van der Waals surface area contributed by atoms with Crippen molar-refractivity contribution in [2.45, 2.75) is 26.8 Å². The second-order valence-electron chi connectivity index (χ2n) is 3.05. The SMILES string of the molecule is CCn1nc(C)c2c1C=NCC2. The van der Waals surface area contributed by atoms with E-state index >= 15 is 0 Å². The average molecular weight is 163 g/mol. The molecule has 0 saturated carbocycles. The van der Waals surface area contributed by atoms with Gasteiger partial charge in [0.15, 0.2) is 0 Å². The highest BCUT2D eigenvalue weighted by Gasteiger charge is 2.14. The summed E-state index contributed by atoms with van der Waals surface area (Å²) < 4.78 is 2.02. The summed E-state index contributed by atoms with van der Waals surface area (Å²) in [7, 11) is 0. The van der Waals surface area contributed by atoms with E-state index in [0.29, 0.717) is 0 Å². The minimum absolute atomic E-state index is 0.920. The third kappa shape index (κ3) is 0.967. The largest absolute Gasteiger partial charge is 0.291 e. The first kappa shape index (κ1) is 7.53. The maximum absolute atomic E-state index is 4.44. The summed E-state index contributed by atoms with van der Waals surface area (Å²) in [5.74, 6) is 0. The van der Waals surface area contributed by atoms with E-state index in [9.17, 15) is 0 Å². The van der Waals surface area contributed by atoms with Gasteiger partial charge in [0.1, 0.15) is 0 Å². The Morgan fingerprint density at radius 2 is 2.42 bits per heavy atom. The summed E-state index contributed by atoms with van der Waals surface area (Å²) in [4.78, 5) is 4.25. The topological polar surface area (TPSA) is 30.2 Å². The van der Waals surface area contributed by atoms with E-state index in [4.69, 9.17) is 0 Å². The van der Waals surface area contributed by atoms with Crippen LogP contribution in [0.3, 0.4) is 0 Å². The molecule has 64 valence electrons. The molecule has 0 atom stereocenters. The molecule has 0 amide bonds. The minimum atomic E-state index is 0.920. The second kappa shape index (κ2) is 2.73. The Bertz CT molecular complexity index is 323. The number of hydrogen-bond acceptors (Lipinski definition) is 2. The van der Waals surface area contributed by atoms with E-state index in [1.807, 2.05) is 10.9 Å². The lowest BCUT2D eigenvalue weighted by Crippen LogP contribution is -2.07. The van der Waals surface area contributed by atoms with Crippen LogP contribution in [-0.2, 0) is 13.0 Å². The van der Waals surface area contributed by atoms with Crippen LogP contribution >= 0.6 is 0 Å². The highest BCUT2D eigenvalue weighted by atomic mass is 15.3. The van der Waals surface area contributed by atoms with Crippen molar-refractivity contribution in [1.82, 2.24) is 9.78 Å². The van der Waals surface area contributed by atoms with Crippen molar-refractivity contribution in [2.75, 3.05) is 6.54 Å². The minimum Gasteiger partial charge on any atom is -0.291 e. The van der Waals surface area contributed by atoms with Crippen LogP contribution in [0.15, 0.2) is 4.99 Å². The van der Waals surface area contributed by atoms with Gasteiger partial charge in [0, 0.05) is 24.9 Å². The second-order valence-corrected chi connectivity index (χ2v) is 3.05. The predicted molar refractivity (Wildman–Crippen MR) is 48.8 cm³/mol. The lowest BCUT2D eigenvalue weighted by Gasteiger charge is -2.06. The van der Waals surface area contributed by atoms with Gasteiger partial charge in [0.25, 0.3) is 0 Å². The number of aromatic nitrogens is 2. The van der Waals surface area contributed by atoms with Gasteiger partial charge in [-0.1, -0.05) is 0 Å². The van der Waals surface area contributed by atoms with Crippen molar-refractivity contribution in [3.8, 4) is 0 Å². The molecule has 12 heavy (non-hydrogen) atoms. The number of hydrogen-bond donors (Lipinski definition) is 0. The molecule has 3 heteroatoms. The Balaban J connectivity index is 2.56. The van der Waals surface area contributed by atoms with Crippen molar-refractivity contribution in [2.24, 2.45) is 4.99 Å². The lowest BCUT2D eigenvalue weighted by molar-refractivity contribution is 0.648. The van der Waals surface area contributed by atoms with Crippen LogP contribution in [0.5, 0.6) is 0 Å². The van der Waals surface area contributed by atoms with Crippen LogP contribution in [-0.4, -0.2) is 22.5 Å². The van der Waals surface area contributed by atoms with Gasteiger partial charge in [0.05, 0.1) is 11.4 Å². The molecule has 0 saturated heterocycles. The standard InChI is InChI=1S/C9H13N3/c1-3-12-9-6-10-5-4-8(9)7(2)11-12/h6H,3-5H2,1-2H3. The van der Waals surface area contributed by atoms with Crippen molar-refractivity contribution in [1.29, 1.82) is 0 Å². The van der Waals surface area contributed by atoms with Gasteiger partial charge in [-0.05, 0) is 20.3 Å². The van der Waals surface area contributed by atoms with Gasteiger partial charge in [-0.15, -0.1) is 0 Å². The zero-order valence-electron chi connectivity index (χ0n) is 7.54. The molecule has 2 heterocycles. The number of nitrogens with zero attached hydrogens (tertiary/aromatic N) is 3. The maximum Gasteiger partial charge on any atom is 0.0823 e. The number of aliphatic imine (C=N–C) groups is 1. The van der Waals surface area contributed by atoms with Gasteiger partial charge in [-0.3, -0.25) is 9.67 Å². The molecule has 0 fully saturated rings. The fourth-order valence-corrected chi connectivity index (χ4v) is 1.66. The van der Waals surface area contributed by atoms with E-state index in [1.54, 1.807) is 0 Å². The quantitative estimate of drug-likeness (QED) is 0.611. The molecule has 1 aromatic rings. The van der Waals surface area contributed by atoms with Gasteiger partial charge in [-0.2, -0.15) is 5.10 Å². The molecule has 0 spiro atoms. The van der Waals surface area contributed by atoms with Gasteiger partial charge in [-0.25, -0.2) is 0 Å². The van der Waals surface area contributed by atoms with Crippen molar-refractivity contribution in [3.63, 3.8) is 0 Å². The fraction of sp³-hybridized carbons (Fsp3) is 0.556. The molecular weight excluding hydrogens is 150 g/mol. The maximum atomic E-state index is 4.44. The molecule has 0 aromatic carbocycles. The molecule has 0 radical (unpaired) electrons. The first-order chi connectivity index (χ1) is 5.83. The van der Waals surface area contributed by atoms with Crippen LogP contribution in [0, 0.1) is 6.92 Å². The molecule has 0 unspecified atom stereocenters. The number of fused-ring (bicyclic) bond motifs is 1. The molecule has 1 aliphatic rings. The molecule has 0 aliphatic carbocycles. The Morgan fingerprint density at radius 3 is 3.17 bits per heavy atom. The summed E-state index contributed by atoms with van der Waals surface area (Å²) in [5.41, 5.74) is 3.76. The molecule has 1 aliphatic heterocycles.